The predicted molar refractivity (Wildman–Crippen MR) is 90.8 cm³/mol. The molecule has 0 saturated carbocycles. The van der Waals surface area contributed by atoms with E-state index in [4.69, 9.17) is 15.1 Å². The Morgan fingerprint density at radius 2 is 1.75 bits per heavy atom. The molecule has 1 N–H and O–H groups in total. The third-order valence-electron chi connectivity index (χ3n) is 3.60. The molecule has 2 aromatic rings. The third kappa shape index (κ3) is 5.75. The molecule has 0 aliphatic carbocycles. The summed E-state index contributed by atoms with van der Waals surface area (Å²) in [6.07, 6.45) is 0.791. The van der Waals surface area contributed by atoms with E-state index in [0.29, 0.717) is 18.7 Å². The van der Waals surface area contributed by atoms with Crippen molar-refractivity contribution in [3.63, 3.8) is 0 Å². The fourth-order valence-corrected chi connectivity index (χ4v) is 2.22. The van der Waals surface area contributed by atoms with Crippen LogP contribution in [0.2, 0.25) is 0 Å². The first-order chi connectivity index (χ1) is 11.6. The summed E-state index contributed by atoms with van der Waals surface area (Å²) in [6.45, 7) is 1.19. The molecule has 0 amide bonds. The molecule has 0 heterocycles. The highest BCUT2D eigenvalue weighted by Crippen LogP contribution is 2.15. The summed E-state index contributed by atoms with van der Waals surface area (Å²) in [4.78, 5) is 12.4. The molecule has 0 fully saturated rings. The fourth-order valence-electron chi connectivity index (χ4n) is 2.22. The molecule has 0 atom stereocenters. The van der Waals surface area contributed by atoms with Gasteiger partial charge in [0.05, 0.1) is 18.2 Å². The minimum Gasteiger partial charge on any atom is -0.489 e. The monoisotopic (exact) mass is 324 g/mol. The lowest BCUT2D eigenvalue weighted by Crippen LogP contribution is -2.27. The van der Waals surface area contributed by atoms with Gasteiger partial charge in [-0.15, -0.1) is 0 Å². The van der Waals surface area contributed by atoms with Crippen LogP contribution in [-0.2, 0) is 17.8 Å². The second-order valence-corrected chi connectivity index (χ2v) is 5.62. The molecule has 0 bridgehead atoms. The fraction of sp³-hybridized carbons (Fsp3) is 0.263. The summed E-state index contributed by atoms with van der Waals surface area (Å²) in [7, 11) is 1.79. The third-order valence-corrected chi connectivity index (χ3v) is 3.60. The van der Waals surface area contributed by atoms with Crippen molar-refractivity contribution in [3.8, 4) is 11.8 Å². The molecule has 0 radical (unpaired) electrons. The highest BCUT2D eigenvalue weighted by Gasteiger charge is 2.04. The molecular weight excluding hydrogens is 304 g/mol. The Kier molecular flexibility index (Phi) is 6.35. The van der Waals surface area contributed by atoms with Gasteiger partial charge in [0.2, 0.25) is 0 Å². The van der Waals surface area contributed by atoms with Crippen LogP contribution in [0.25, 0.3) is 0 Å². The van der Waals surface area contributed by atoms with Gasteiger partial charge in [-0.05, 0) is 48.9 Å². The lowest BCUT2D eigenvalue weighted by molar-refractivity contribution is -0.137. The van der Waals surface area contributed by atoms with Crippen molar-refractivity contribution in [2.24, 2.45) is 0 Å². The molecule has 5 heteroatoms. The normalized spacial score (nSPS) is 10.4. The number of nitrogens with zero attached hydrogens (tertiary/aromatic N) is 2. The second-order valence-electron chi connectivity index (χ2n) is 5.62. The van der Waals surface area contributed by atoms with Gasteiger partial charge in [-0.3, -0.25) is 9.69 Å². The number of hydrogen-bond donors (Lipinski definition) is 1. The lowest BCUT2D eigenvalue weighted by atomic mass is 10.1. The number of aliphatic carboxylic acids is 1. The van der Waals surface area contributed by atoms with Crippen molar-refractivity contribution in [2.75, 3.05) is 20.1 Å². The summed E-state index contributed by atoms with van der Waals surface area (Å²) in [5.74, 6) is -0.0361. The largest absolute Gasteiger partial charge is 0.489 e. The minimum atomic E-state index is -0.816. The molecule has 0 aromatic heterocycles. The van der Waals surface area contributed by atoms with Crippen molar-refractivity contribution in [2.45, 2.75) is 13.0 Å². The van der Waals surface area contributed by atoms with Crippen molar-refractivity contribution in [1.82, 2.24) is 4.90 Å². The molecule has 0 aliphatic rings. The van der Waals surface area contributed by atoms with E-state index in [1.165, 1.54) is 0 Å². The van der Waals surface area contributed by atoms with Crippen molar-refractivity contribution < 1.29 is 14.6 Å². The van der Waals surface area contributed by atoms with Gasteiger partial charge in [-0.2, -0.15) is 5.26 Å². The van der Waals surface area contributed by atoms with Crippen LogP contribution < -0.4 is 4.74 Å². The number of rotatable bonds is 8. The Morgan fingerprint density at radius 1 is 1.12 bits per heavy atom. The van der Waals surface area contributed by atoms with Gasteiger partial charge in [0, 0.05) is 6.54 Å². The summed E-state index contributed by atoms with van der Waals surface area (Å²) in [6, 6.07) is 17.2. The average Bonchev–Trinajstić information content (AvgIpc) is 2.59. The van der Waals surface area contributed by atoms with Gasteiger partial charge in [-0.1, -0.05) is 24.3 Å². The molecule has 0 aliphatic heterocycles. The summed E-state index contributed by atoms with van der Waals surface area (Å²) in [5.41, 5.74) is 2.78. The van der Waals surface area contributed by atoms with Crippen LogP contribution in [-0.4, -0.2) is 36.1 Å². The van der Waals surface area contributed by atoms with Crippen LogP contribution in [0.1, 0.15) is 16.7 Å². The van der Waals surface area contributed by atoms with Crippen LogP contribution in [0, 0.1) is 11.3 Å². The van der Waals surface area contributed by atoms with Crippen molar-refractivity contribution in [3.05, 3.63) is 65.2 Å². The van der Waals surface area contributed by atoms with E-state index in [0.717, 1.165) is 23.3 Å². The van der Waals surface area contributed by atoms with Gasteiger partial charge >= 0.3 is 5.97 Å². The first kappa shape index (κ1) is 17.5. The van der Waals surface area contributed by atoms with E-state index in [9.17, 15) is 4.79 Å². The summed E-state index contributed by atoms with van der Waals surface area (Å²) in [5, 5.41) is 17.5. The molecule has 0 spiro atoms. The van der Waals surface area contributed by atoms with E-state index >= 15 is 0 Å². The van der Waals surface area contributed by atoms with Gasteiger partial charge in [0.15, 0.2) is 0 Å². The first-order valence-corrected chi connectivity index (χ1v) is 7.68. The molecule has 5 nitrogen and oxygen atoms in total. The summed E-state index contributed by atoms with van der Waals surface area (Å²) < 4.78 is 5.73. The van der Waals surface area contributed by atoms with Gasteiger partial charge in [0.25, 0.3) is 0 Å². The Hall–Kier alpha value is -2.84. The highest BCUT2D eigenvalue weighted by molar-refractivity contribution is 5.69. The highest BCUT2D eigenvalue weighted by atomic mass is 16.5. The van der Waals surface area contributed by atoms with Crippen molar-refractivity contribution in [1.29, 1.82) is 5.26 Å². The molecule has 2 rings (SSSR count). The van der Waals surface area contributed by atoms with E-state index in [2.05, 4.69) is 6.07 Å². The quantitative estimate of drug-likeness (QED) is 0.808. The molecule has 124 valence electrons. The van der Waals surface area contributed by atoms with Gasteiger partial charge in [0.1, 0.15) is 12.4 Å². The maximum Gasteiger partial charge on any atom is 0.317 e. The standard InChI is InChI=1S/C19H20N2O3/c1-21(13-19(22)23)11-10-15-6-8-18(9-7-15)24-14-17-4-2-16(12-20)3-5-17/h2-9H,10-11,13-14H2,1H3,(H,22,23). The number of ether oxygens (including phenoxy) is 1. The first-order valence-electron chi connectivity index (χ1n) is 7.68. The number of likely N-dealkylation sites (N-methyl/N-ethyl adjacent to an activating group) is 1. The van der Waals surface area contributed by atoms with E-state index in [1.807, 2.05) is 36.4 Å². The summed E-state index contributed by atoms with van der Waals surface area (Å²) >= 11 is 0. The Labute approximate surface area is 141 Å². The van der Waals surface area contributed by atoms with Crippen LogP contribution >= 0.6 is 0 Å². The SMILES string of the molecule is CN(CCc1ccc(OCc2ccc(C#N)cc2)cc1)CC(=O)O. The number of carboxylic acid groups (broad SMARTS) is 1. The predicted octanol–water partition coefficient (Wildman–Crippen LogP) is 2.70. The number of benzene rings is 2. The smallest absolute Gasteiger partial charge is 0.317 e. The van der Waals surface area contributed by atoms with Crippen LogP contribution in [0.5, 0.6) is 5.75 Å². The zero-order valence-corrected chi connectivity index (χ0v) is 13.6. The maximum absolute atomic E-state index is 10.6. The molecule has 2 aromatic carbocycles. The number of carbonyl (C=O) groups is 1. The van der Waals surface area contributed by atoms with E-state index in [1.54, 1.807) is 24.1 Å². The molecular formula is C19H20N2O3. The number of carboxylic acids is 1. The topological polar surface area (TPSA) is 73.6 Å². The van der Waals surface area contributed by atoms with Crippen LogP contribution in [0.15, 0.2) is 48.5 Å². The zero-order valence-electron chi connectivity index (χ0n) is 13.6. The second kappa shape index (κ2) is 8.70. The van der Waals surface area contributed by atoms with Gasteiger partial charge < -0.3 is 9.84 Å². The van der Waals surface area contributed by atoms with E-state index in [-0.39, 0.29) is 6.54 Å². The lowest BCUT2D eigenvalue weighted by Gasteiger charge is -2.13. The maximum atomic E-state index is 10.6. The zero-order chi connectivity index (χ0) is 17.4. The Balaban J connectivity index is 1.81. The molecule has 0 saturated heterocycles. The van der Waals surface area contributed by atoms with Crippen molar-refractivity contribution >= 4 is 5.97 Å². The minimum absolute atomic E-state index is 0.0474. The van der Waals surface area contributed by atoms with E-state index < -0.39 is 5.97 Å². The van der Waals surface area contributed by atoms with Crippen LogP contribution in [0.3, 0.4) is 0 Å². The molecule has 0 unspecified atom stereocenters. The number of hydrogen-bond acceptors (Lipinski definition) is 4. The molecule has 24 heavy (non-hydrogen) atoms. The van der Waals surface area contributed by atoms with Crippen LogP contribution in [0.4, 0.5) is 0 Å². The Bertz CT molecular complexity index is 703. The number of nitriles is 1. The van der Waals surface area contributed by atoms with Gasteiger partial charge in [-0.25, -0.2) is 0 Å². The Morgan fingerprint density at radius 3 is 2.33 bits per heavy atom. The average molecular weight is 324 g/mol.